The number of carbonyl (C=O) groups excluding carboxylic acids is 2. The summed E-state index contributed by atoms with van der Waals surface area (Å²) in [7, 11) is 0. The number of carbonyl (C=O) groups is 2. The molecule has 0 aliphatic carbocycles. The van der Waals surface area contributed by atoms with Crippen LogP contribution >= 0.6 is 0 Å². The van der Waals surface area contributed by atoms with Crippen LogP contribution in [0.5, 0.6) is 5.75 Å². The summed E-state index contributed by atoms with van der Waals surface area (Å²) in [5, 5.41) is 11.2. The van der Waals surface area contributed by atoms with Gasteiger partial charge in [0.2, 0.25) is 0 Å². The van der Waals surface area contributed by atoms with Crippen molar-refractivity contribution in [3.63, 3.8) is 0 Å². The Hall–Kier alpha value is -3.08. The number of likely N-dealkylation sites (tertiary alicyclic amines) is 1. The molecule has 176 valence electrons. The van der Waals surface area contributed by atoms with Gasteiger partial charge in [0.1, 0.15) is 11.5 Å². The molecule has 1 saturated heterocycles. The van der Waals surface area contributed by atoms with Crippen LogP contribution in [0.15, 0.2) is 48.0 Å². The summed E-state index contributed by atoms with van der Waals surface area (Å²) in [4.78, 5) is 27.6. The lowest BCUT2D eigenvalue weighted by Crippen LogP contribution is -2.30. The molecule has 5 heteroatoms. The second kappa shape index (κ2) is 9.82. The molecule has 2 aromatic rings. The van der Waals surface area contributed by atoms with Gasteiger partial charge in [-0.2, -0.15) is 0 Å². The summed E-state index contributed by atoms with van der Waals surface area (Å²) < 4.78 is 5.74. The van der Waals surface area contributed by atoms with Crippen molar-refractivity contribution in [1.29, 1.82) is 0 Å². The number of nitrogens with zero attached hydrogens (tertiary/aromatic N) is 1. The molecular formula is C28H35NO4. The van der Waals surface area contributed by atoms with Gasteiger partial charge in [0.15, 0.2) is 0 Å². The molecule has 1 unspecified atom stereocenters. The van der Waals surface area contributed by atoms with E-state index in [0.717, 1.165) is 28.9 Å². The van der Waals surface area contributed by atoms with Gasteiger partial charge in [0.25, 0.3) is 11.7 Å². The van der Waals surface area contributed by atoms with E-state index >= 15 is 0 Å². The first kappa shape index (κ1) is 24.6. The lowest BCUT2D eigenvalue weighted by Gasteiger charge is -2.26. The molecule has 1 amide bonds. The van der Waals surface area contributed by atoms with Crippen LogP contribution in [0.1, 0.15) is 75.8 Å². The predicted octanol–water partition coefficient (Wildman–Crippen LogP) is 5.91. The first-order valence-corrected chi connectivity index (χ1v) is 11.7. The van der Waals surface area contributed by atoms with Crippen LogP contribution in [0, 0.1) is 6.92 Å². The fourth-order valence-corrected chi connectivity index (χ4v) is 4.19. The van der Waals surface area contributed by atoms with E-state index in [0.29, 0.717) is 25.1 Å². The monoisotopic (exact) mass is 449 g/mol. The van der Waals surface area contributed by atoms with Crippen molar-refractivity contribution in [3.05, 3.63) is 70.3 Å². The summed E-state index contributed by atoms with van der Waals surface area (Å²) >= 11 is 0. The minimum Gasteiger partial charge on any atom is -0.507 e. The normalized spacial score (nSPS) is 18.1. The van der Waals surface area contributed by atoms with Crippen molar-refractivity contribution in [2.75, 3.05) is 13.2 Å². The van der Waals surface area contributed by atoms with Gasteiger partial charge < -0.3 is 14.7 Å². The van der Waals surface area contributed by atoms with Crippen molar-refractivity contribution in [1.82, 2.24) is 4.90 Å². The molecule has 1 aliphatic rings. The van der Waals surface area contributed by atoms with Gasteiger partial charge >= 0.3 is 0 Å². The lowest BCUT2D eigenvalue weighted by atomic mass is 9.85. The van der Waals surface area contributed by atoms with E-state index in [2.05, 4.69) is 20.8 Å². The van der Waals surface area contributed by atoms with E-state index in [1.807, 2.05) is 45.0 Å². The maximum absolute atomic E-state index is 13.1. The van der Waals surface area contributed by atoms with E-state index in [1.54, 1.807) is 23.1 Å². The van der Waals surface area contributed by atoms with Crippen LogP contribution in [0.3, 0.4) is 0 Å². The van der Waals surface area contributed by atoms with Crippen LogP contribution in [0.4, 0.5) is 0 Å². The Morgan fingerprint density at radius 1 is 1.03 bits per heavy atom. The number of hydrogen-bond donors (Lipinski definition) is 1. The number of ketones is 1. The SMILES string of the molecule is CCCOc1ccc(/C(O)=C2/C(=O)C(=O)N(CCC)C2c2ccc(C(C)(C)C)cc2)cc1C. The molecule has 0 bridgehead atoms. The van der Waals surface area contributed by atoms with Crippen LogP contribution in [0.2, 0.25) is 0 Å². The fraction of sp³-hybridized carbons (Fsp3) is 0.429. The number of aryl methyl sites for hydroxylation is 1. The zero-order valence-corrected chi connectivity index (χ0v) is 20.6. The molecule has 1 fully saturated rings. The van der Waals surface area contributed by atoms with E-state index < -0.39 is 17.7 Å². The van der Waals surface area contributed by atoms with E-state index in [4.69, 9.17) is 4.74 Å². The highest BCUT2D eigenvalue weighted by Gasteiger charge is 2.45. The number of aliphatic hydroxyl groups excluding tert-OH is 1. The third-order valence-corrected chi connectivity index (χ3v) is 6.01. The average Bonchev–Trinajstić information content (AvgIpc) is 3.02. The third kappa shape index (κ3) is 4.97. The number of aliphatic hydroxyl groups is 1. The van der Waals surface area contributed by atoms with Gasteiger partial charge in [0, 0.05) is 12.1 Å². The largest absolute Gasteiger partial charge is 0.507 e. The topological polar surface area (TPSA) is 66.8 Å². The standard InChI is InChI=1S/C28H35NO4/c1-7-15-29-24(19-9-12-21(13-10-19)28(4,5)6)23(26(31)27(29)32)25(30)20-11-14-22(18(3)17-20)33-16-8-2/h9-14,17,24,30H,7-8,15-16H2,1-6H3/b25-23-. The zero-order chi connectivity index (χ0) is 24.3. The summed E-state index contributed by atoms with van der Waals surface area (Å²) in [5.74, 6) is -0.617. The van der Waals surface area contributed by atoms with Crippen molar-refractivity contribution in [3.8, 4) is 5.75 Å². The van der Waals surface area contributed by atoms with E-state index in [1.165, 1.54) is 0 Å². The summed E-state index contributed by atoms with van der Waals surface area (Å²) in [6.45, 7) is 13.4. The Bertz CT molecular complexity index is 1060. The van der Waals surface area contributed by atoms with Gasteiger partial charge in [-0.05, 0) is 60.1 Å². The predicted molar refractivity (Wildman–Crippen MR) is 131 cm³/mol. The van der Waals surface area contributed by atoms with Crippen molar-refractivity contribution < 1.29 is 19.4 Å². The highest BCUT2D eigenvalue weighted by atomic mass is 16.5. The Labute approximate surface area is 197 Å². The molecule has 3 rings (SSSR count). The van der Waals surface area contributed by atoms with Crippen molar-refractivity contribution >= 4 is 17.4 Å². The number of hydrogen-bond acceptors (Lipinski definition) is 4. The van der Waals surface area contributed by atoms with Gasteiger partial charge in [0.05, 0.1) is 18.2 Å². The molecule has 5 nitrogen and oxygen atoms in total. The highest BCUT2D eigenvalue weighted by molar-refractivity contribution is 6.46. The number of benzene rings is 2. The van der Waals surface area contributed by atoms with Gasteiger partial charge in [-0.15, -0.1) is 0 Å². The highest BCUT2D eigenvalue weighted by Crippen LogP contribution is 2.40. The molecule has 0 spiro atoms. The van der Waals surface area contributed by atoms with Crippen LogP contribution in [-0.4, -0.2) is 34.8 Å². The van der Waals surface area contributed by atoms with Gasteiger partial charge in [-0.25, -0.2) is 0 Å². The third-order valence-electron chi connectivity index (χ3n) is 6.01. The Morgan fingerprint density at radius 3 is 2.24 bits per heavy atom. The van der Waals surface area contributed by atoms with Crippen molar-refractivity contribution in [2.45, 2.75) is 65.8 Å². The first-order chi connectivity index (χ1) is 15.6. The van der Waals surface area contributed by atoms with Crippen LogP contribution < -0.4 is 4.74 Å². The fourth-order valence-electron chi connectivity index (χ4n) is 4.19. The maximum Gasteiger partial charge on any atom is 0.295 e. The maximum atomic E-state index is 13.1. The van der Waals surface area contributed by atoms with E-state index in [-0.39, 0.29) is 16.7 Å². The lowest BCUT2D eigenvalue weighted by molar-refractivity contribution is -0.139. The molecule has 33 heavy (non-hydrogen) atoms. The molecule has 1 N–H and O–H groups in total. The molecule has 1 atom stereocenters. The van der Waals surface area contributed by atoms with E-state index in [9.17, 15) is 14.7 Å². The molecule has 1 aliphatic heterocycles. The van der Waals surface area contributed by atoms with Crippen LogP contribution in [0.25, 0.3) is 5.76 Å². The minimum atomic E-state index is -0.644. The molecule has 2 aromatic carbocycles. The molecule has 0 aromatic heterocycles. The summed E-state index contributed by atoms with van der Waals surface area (Å²) in [5.41, 5.74) is 3.47. The summed E-state index contributed by atoms with van der Waals surface area (Å²) in [6, 6.07) is 12.7. The van der Waals surface area contributed by atoms with Crippen molar-refractivity contribution in [2.24, 2.45) is 0 Å². The molecule has 0 radical (unpaired) electrons. The average molecular weight is 450 g/mol. The number of ether oxygens (including phenoxy) is 1. The molecule has 1 heterocycles. The zero-order valence-electron chi connectivity index (χ0n) is 20.6. The van der Waals surface area contributed by atoms with Gasteiger partial charge in [-0.1, -0.05) is 58.9 Å². The number of amides is 1. The second-order valence-corrected chi connectivity index (χ2v) is 9.69. The van der Waals surface area contributed by atoms with Gasteiger partial charge in [-0.3, -0.25) is 9.59 Å². The Kier molecular flexibility index (Phi) is 7.31. The molecular weight excluding hydrogens is 414 g/mol. The summed E-state index contributed by atoms with van der Waals surface area (Å²) in [6.07, 6.45) is 1.61. The number of Topliss-reactive ketones (excluding diaryl/α,β-unsaturated/α-hetero) is 1. The van der Waals surface area contributed by atoms with Crippen LogP contribution in [-0.2, 0) is 15.0 Å². The molecule has 0 saturated carbocycles. The first-order valence-electron chi connectivity index (χ1n) is 11.7. The Morgan fingerprint density at radius 2 is 1.70 bits per heavy atom. The minimum absolute atomic E-state index is 0.0110. The second-order valence-electron chi connectivity index (χ2n) is 9.69. The smallest absolute Gasteiger partial charge is 0.295 e. The number of rotatable bonds is 7. The quantitative estimate of drug-likeness (QED) is 0.324. The Balaban J connectivity index is 2.10.